The van der Waals surface area contributed by atoms with Gasteiger partial charge in [0.2, 0.25) is 0 Å². The Bertz CT molecular complexity index is 203. The lowest BCUT2D eigenvalue weighted by atomic mass is 9.99. The minimum atomic E-state index is 0.797. The molecule has 2 rings (SSSR count). The molecule has 0 spiro atoms. The van der Waals surface area contributed by atoms with E-state index in [4.69, 9.17) is 0 Å². The van der Waals surface area contributed by atoms with Gasteiger partial charge in [0.25, 0.3) is 0 Å². The summed E-state index contributed by atoms with van der Waals surface area (Å²) in [7, 11) is 0. The lowest BCUT2D eigenvalue weighted by Gasteiger charge is -2.07. The topological polar surface area (TPSA) is 0 Å². The van der Waals surface area contributed by atoms with Crippen molar-refractivity contribution in [2.24, 2.45) is 11.8 Å². The number of hydrogen-bond donors (Lipinski definition) is 0. The second-order valence-electron chi connectivity index (χ2n) is 3.43. The van der Waals surface area contributed by atoms with Crippen LogP contribution >= 0.6 is 15.9 Å². The molecule has 1 heteroatoms. The summed E-state index contributed by atoms with van der Waals surface area (Å²) < 4.78 is 0. The molecule has 2 aliphatic carbocycles. The van der Waals surface area contributed by atoms with Crippen LogP contribution in [-0.4, -0.2) is 5.33 Å². The quantitative estimate of drug-likeness (QED) is 0.498. The zero-order valence-electron chi connectivity index (χ0n) is 6.59. The van der Waals surface area contributed by atoms with E-state index in [-0.39, 0.29) is 0 Å². The molecule has 0 aromatic carbocycles. The Labute approximate surface area is 76.5 Å². The Morgan fingerprint density at radius 2 is 2.36 bits per heavy atom. The molecule has 0 aromatic heterocycles. The van der Waals surface area contributed by atoms with Crippen LogP contribution in [0, 0.1) is 11.8 Å². The summed E-state index contributed by atoms with van der Waals surface area (Å²) in [5.74, 6) is 1.62. The van der Waals surface area contributed by atoms with Crippen molar-refractivity contribution in [2.75, 3.05) is 5.33 Å². The molecule has 60 valence electrons. The molecule has 0 nitrogen and oxygen atoms in total. The highest BCUT2D eigenvalue weighted by molar-refractivity contribution is 9.09. The first-order valence-corrected chi connectivity index (χ1v) is 5.47. The molecule has 0 fully saturated rings. The number of allylic oxidation sites excluding steroid dienone is 4. The summed E-state index contributed by atoms with van der Waals surface area (Å²) in [5, 5.41) is 1.14. The maximum Gasteiger partial charge on any atom is 0.00343 e. The predicted molar refractivity (Wildman–Crippen MR) is 51.8 cm³/mol. The van der Waals surface area contributed by atoms with E-state index in [1.165, 1.54) is 19.3 Å². The van der Waals surface area contributed by atoms with Crippen molar-refractivity contribution in [1.82, 2.24) is 0 Å². The molecule has 0 unspecified atom stereocenters. The van der Waals surface area contributed by atoms with Crippen LogP contribution in [0.2, 0.25) is 0 Å². The van der Waals surface area contributed by atoms with Gasteiger partial charge in [0, 0.05) is 5.33 Å². The fourth-order valence-electron chi connectivity index (χ4n) is 2.06. The molecule has 2 bridgehead atoms. The fraction of sp³-hybridized carbons (Fsp3) is 0.600. The van der Waals surface area contributed by atoms with Crippen LogP contribution in [0.3, 0.4) is 0 Å². The molecule has 0 radical (unpaired) electrons. The number of fused-ring (bicyclic) bond motifs is 2. The standard InChI is InChI=1S/C10H13Br/c11-5-1-2-9-6-8-3-4-10(9)7-8/h3-4,6,8,10H,1-2,5,7H2/t8-,10-/m0/s1. The Morgan fingerprint density at radius 1 is 1.45 bits per heavy atom. The van der Waals surface area contributed by atoms with Crippen LogP contribution in [0.5, 0.6) is 0 Å². The van der Waals surface area contributed by atoms with Gasteiger partial charge in [0.05, 0.1) is 0 Å². The summed E-state index contributed by atoms with van der Waals surface area (Å²) in [6.45, 7) is 0. The Morgan fingerprint density at radius 3 is 2.91 bits per heavy atom. The van der Waals surface area contributed by atoms with Crippen molar-refractivity contribution in [1.29, 1.82) is 0 Å². The molecule has 0 amide bonds. The van der Waals surface area contributed by atoms with Gasteiger partial charge in [0.1, 0.15) is 0 Å². The summed E-state index contributed by atoms with van der Waals surface area (Å²) in [6.07, 6.45) is 11.2. The summed E-state index contributed by atoms with van der Waals surface area (Å²) in [6, 6.07) is 0. The molecule has 2 atom stereocenters. The van der Waals surface area contributed by atoms with Crippen LogP contribution in [0.1, 0.15) is 19.3 Å². The third-order valence-corrected chi connectivity index (χ3v) is 3.18. The highest BCUT2D eigenvalue weighted by Gasteiger charge is 2.26. The molecule has 11 heavy (non-hydrogen) atoms. The molecular weight excluding hydrogens is 200 g/mol. The maximum atomic E-state index is 3.46. The molecule has 0 saturated heterocycles. The van der Waals surface area contributed by atoms with E-state index in [0.717, 1.165) is 17.2 Å². The van der Waals surface area contributed by atoms with Gasteiger partial charge in [-0.15, -0.1) is 0 Å². The van der Waals surface area contributed by atoms with Crippen LogP contribution in [0.4, 0.5) is 0 Å². The van der Waals surface area contributed by atoms with Crippen LogP contribution in [-0.2, 0) is 0 Å². The molecule has 0 aromatic rings. The maximum absolute atomic E-state index is 3.46. The van der Waals surface area contributed by atoms with E-state index in [1.54, 1.807) is 5.57 Å². The van der Waals surface area contributed by atoms with Crippen LogP contribution in [0.25, 0.3) is 0 Å². The van der Waals surface area contributed by atoms with E-state index in [9.17, 15) is 0 Å². The van der Waals surface area contributed by atoms with E-state index in [0.29, 0.717) is 0 Å². The SMILES string of the molecule is BrCCCC1=C[C@@H]2C=C[C@H]1C2. The number of rotatable bonds is 3. The van der Waals surface area contributed by atoms with Crippen molar-refractivity contribution in [3.8, 4) is 0 Å². The van der Waals surface area contributed by atoms with Crippen molar-refractivity contribution in [2.45, 2.75) is 19.3 Å². The second-order valence-corrected chi connectivity index (χ2v) is 4.22. The average molecular weight is 213 g/mol. The average Bonchev–Trinajstić information content (AvgIpc) is 2.60. The Kier molecular flexibility index (Phi) is 2.17. The third kappa shape index (κ3) is 1.44. The Balaban J connectivity index is 1.92. The van der Waals surface area contributed by atoms with E-state index < -0.39 is 0 Å². The van der Waals surface area contributed by atoms with Crippen LogP contribution < -0.4 is 0 Å². The lowest BCUT2D eigenvalue weighted by Crippen LogP contribution is -1.93. The highest BCUT2D eigenvalue weighted by Crippen LogP contribution is 2.39. The van der Waals surface area contributed by atoms with Gasteiger partial charge < -0.3 is 0 Å². The van der Waals surface area contributed by atoms with E-state index >= 15 is 0 Å². The molecule has 0 heterocycles. The van der Waals surface area contributed by atoms with Gasteiger partial charge in [0.15, 0.2) is 0 Å². The molecular formula is C10H13Br. The number of halogens is 1. The van der Waals surface area contributed by atoms with Gasteiger partial charge in [-0.05, 0) is 31.1 Å². The van der Waals surface area contributed by atoms with Crippen molar-refractivity contribution >= 4 is 15.9 Å². The first-order chi connectivity index (χ1) is 5.40. The van der Waals surface area contributed by atoms with Gasteiger partial charge >= 0.3 is 0 Å². The number of hydrogen-bond acceptors (Lipinski definition) is 0. The van der Waals surface area contributed by atoms with E-state index in [1.807, 2.05) is 0 Å². The summed E-state index contributed by atoms with van der Waals surface area (Å²) in [4.78, 5) is 0. The largest absolute Gasteiger partial charge is 0.0928 e. The minimum Gasteiger partial charge on any atom is -0.0928 e. The van der Waals surface area contributed by atoms with Gasteiger partial charge in [-0.2, -0.15) is 0 Å². The molecule has 0 aliphatic heterocycles. The van der Waals surface area contributed by atoms with E-state index in [2.05, 4.69) is 34.2 Å². The zero-order valence-corrected chi connectivity index (χ0v) is 8.18. The van der Waals surface area contributed by atoms with Crippen molar-refractivity contribution < 1.29 is 0 Å². The van der Waals surface area contributed by atoms with Crippen molar-refractivity contribution in [3.05, 3.63) is 23.8 Å². The third-order valence-electron chi connectivity index (χ3n) is 2.62. The van der Waals surface area contributed by atoms with Gasteiger partial charge in [-0.1, -0.05) is 39.7 Å². The van der Waals surface area contributed by atoms with Crippen molar-refractivity contribution in [3.63, 3.8) is 0 Å². The smallest absolute Gasteiger partial charge is 0.00343 e. The summed E-state index contributed by atoms with van der Waals surface area (Å²) in [5.41, 5.74) is 1.69. The van der Waals surface area contributed by atoms with Crippen LogP contribution in [0.15, 0.2) is 23.8 Å². The molecule has 2 aliphatic rings. The summed E-state index contributed by atoms with van der Waals surface area (Å²) >= 11 is 3.46. The zero-order chi connectivity index (χ0) is 7.68. The van der Waals surface area contributed by atoms with Gasteiger partial charge in [-0.3, -0.25) is 0 Å². The van der Waals surface area contributed by atoms with Gasteiger partial charge in [-0.25, -0.2) is 0 Å². The minimum absolute atomic E-state index is 0.797. The Hall–Kier alpha value is -0.0400. The first kappa shape index (κ1) is 7.60. The second kappa shape index (κ2) is 3.14. The molecule has 0 N–H and O–H groups in total. The monoisotopic (exact) mass is 212 g/mol. The predicted octanol–water partition coefficient (Wildman–Crippen LogP) is 3.29. The molecule has 0 saturated carbocycles. The fourth-order valence-corrected chi connectivity index (χ4v) is 2.34. The highest BCUT2D eigenvalue weighted by atomic mass is 79.9. The first-order valence-electron chi connectivity index (χ1n) is 4.35. The lowest BCUT2D eigenvalue weighted by molar-refractivity contribution is 0.689. The normalized spacial score (nSPS) is 33.0. The number of alkyl halides is 1.